The zero-order valence-corrected chi connectivity index (χ0v) is 10.3. The molecule has 1 aliphatic rings. The number of anilines is 3. The molecule has 0 fully saturated rings. The molecule has 1 aromatic carbocycles. The molecule has 0 radical (unpaired) electrons. The number of carboxylic acid groups (broad SMARTS) is 1. The van der Waals surface area contributed by atoms with Crippen molar-refractivity contribution in [1.82, 2.24) is 9.97 Å². The molecule has 2 heterocycles. The number of hydrogen-bond donors (Lipinski definition) is 2. The first-order valence-corrected chi connectivity index (χ1v) is 5.87. The van der Waals surface area contributed by atoms with E-state index in [1.54, 1.807) is 11.0 Å². The maximum absolute atomic E-state index is 11.7. The molecule has 7 nitrogen and oxygen atoms in total. The Kier molecular flexibility index (Phi) is 2.79. The fourth-order valence-electron chi connectivity index (χ4n) is 2.03. The second-order valence-corrected chi connectivity index (χ2v) is 4.22. The van der Waals surface area contributed by atoms with Gasteiger partial charge in [-0.05, 0) is 12.1 Å². The Bertz CT molecular complexity index is 702. The molecule has 0 unspecified atom stereocenters. The number of para-hydroxylation sites is 2. The van der Waals surface area contributed by atoms with Crippen LogP contribution in [-0.2, 0) is 4.79 Å². The number of carboxylic acids is 1. The molecule has 2 aromatic rings. The van der Waals surface area contributed by atoms with Gasteiger partial charge in [0.1, 0.15) is 6.54 Å². The van der Waals surface area contributed by atoms with Crippen LogP contribution in [0.1, 0.15) is 10.5 Å². The van der Waals surface area contributed by atoms with Crippen LogP contribution in [0.15, 0.2) is 36.7 Å². The van der Waals surface area contributed by atoms with E-state index in [0.717, 1.165) is 5.69 Å². The maximum atomic E-state index is 11.7. The van der Waals surface area contributed by atoms with Crippen LogP contribution in [0.5, 0.6) is 0 Å². The number of carbonyl (C=O) groups excluding carboxylic acids is 1. The molecule has 1 amide bonds. The lowest BCUT2D eigenvalue weighted by Crippen LogP contribution is -2.35. The number of amides is 1. The van der Waals surface area contributed by atoms with Crippen LogP contribution in [0.2, 0.25) is 0 Å². The molecule has 3 rings (SSSR count). The molecule has 20 heavy (non-hydrogen) atoms. The van der Waals surface area contributed by atoms with Gasteiger partial charge in [0, 0.05) is 0 Å². The summed E-state index contributed by atoms with van der Waals surface area (Å²) in [5, 5.41) is 11.7. The third-order valence-corrected chi connectivity index (χ3v) is 2.89. The summed E-state index contributed by atoms with van der Waals surface area (Å²) in [7, 11) is 0. The molecule has 0 atom stereocenters. The summed E-state index contributed by atoms with van der Waals surface area (Å²) in [4.78, 5) is 32.2. The molecule has 0 saturated heterocycles. The van der Waals surface area contributed by atoms with E-state index in [1.165, 1.54) is 12.4 Å². The third-order valence-electron chi connectivity index (χ3n) is 2.89. The molecule has 0 spiro atoms. The first-order valence-electron chi connectivity index (χ1n) is 5.87. The van der Waals surface area contributed by atoms with Crippen molar-refractivity contribution >= 4 is 29.1 Å². The normalized spacial score (nSPS) is 13.6. The molecule has 100 valence electrons. The first-order chi connectivity index (χ1) is 9.65. The van der Waals surface area contributed by atoms with E-state index in [0.29, 0.717) is 11.5 Å². The highest BCUT2D eigenvalue weighted by molar-refractivity contribution is 6.02. The van der Waals surface area contributed by atoms with Gasteiger partial charge in [0.05, 0.1) is 23.8 Å². The van der Waals surface area contributed by atoms with E-state index in [9.17, 15) is 9.59 Å². The molecular formula is C13H10N4O3. The third kappa shape index (κ3) is 2.05. The van der Waals surface area contributed by atoms with Crippen LogP contribution in [-0.4, -0.2) is 33.5 Å². The average molecular weight is 270 g/mol. The second-order valence-electron chi connectivity index (χ2n) is 4.22. The van der Waals surface area contributed by atoms with E-state index < -0.39 is 5.97 Å². The van der Waals surface area contributed by atoms with Crippen molar-refractivity contribution in [1.29, 1.82) is 0 Å². The van der Waals surface area contributed by atoms with Crippen molar-refractivity contribution < 1.29 is 14.7 Å². The van der Waals surface area contributed by atoms with Crippen LogP contribution in [0.25, 0.3) is 0 Å². The molecular weight excluding hydrogens is 260 g/mol. The largest absolute Gasteiger partial charge is 0.476 e. The van der Waals surface area contributed by atoms with Gasteiger partial charge in [-0.2, -0.15) is 0 Å². The van der Waals surface area contributed by atoms with Crippen molar-refractivity contribution in [3.63, 3.8) is 0 Å². The minimum absolute atomic E-state index is 0.0643. The standard InChI is InChI=1S/C13H10N4O3/c18-12-7-17(10-4-2-1-3-8(10)16-12)11-6-14-5-9(15-11)13(19)20/h1-6H,7H2,(H,16,18)(H,19,20). The Morgan fingerprint density at radius 1 is 1.30 bits per heavy atom. The molecule has 7 heteroatoms. The Morgan fingerprint density at radius 2 is 2.10 bits per heavy atom. The number of rotatable bonds is 2. The molecule has 0 aliphatic carbocycles. The minimum Gasteiger partial charge on any atom is -0.476 e. The van der Waals surface area contributed by atoms with Gasteiger partial charge in [-0.25, -0.2) is 9.78 Å². The summed E-state index contributed by atoms with van der Waals surface area (Å²) in [6.07, 6.45) is 2.60. The lowest BCUT2D eigenvalue weighted by Gasteiger charge is -2.29. The smallest absolute Gasteiger partial charge is 0.356 e. The van der Waals surface area contributed by atoms with Crippen molar-refractivity contribution in [2.45, 2.75) is 0 Å². The zero-order chi connectivity index (χ0) is 14.1. The predicted molar refractivity (Wildman–Crippen MR) is 71.1 cm³/mol. The molecule has 1 aliphatic heterocycles. The quantitative estimate of drug-likeness (QED) is 0.853. The van der Waals surface area contributed by atoms with Gasteiger partial charge in [0.2, 0.25) is 5.91 Å². The van der Waals surface area contributed by atoms with Gasteiger partial charge in [0.25, 0.3) is 0 Å². The summed E-state index contributed by atoms with van der Waals surface area (Å²) < 4.78 is 0. The number of aromatic carboxylic acids is 1. The van der Waals surface area contributed by atoms with Gasteiger partial charge in [-0.1, -0.05) is 12.1 Å². The Balaban J connectivity index is 2.08. The second kappa shape index (κ2) is 4.61. The van der Waals surface area contributed by atoms with Gasteiger partial charge in [0.15, 0.2) is 11.5 Å². The van der Waals surface area contributed by atoms with Crippen molar-refractivity contribution in [2.24, 2.45) is 0 Å². The number of benzene rings is 1. The summed E-state index contributed by atoms with van der Waals surface area (Å²) in [6.45, 7) is 0.0643. The highest BCUT2D eigenvalue weighted by atomic mass is 16.4. The topological polar surface area (TPSA) is 95.4 Å². The van der Waals surface area contributed by atoms with Gasteiger partial charge in [-0.3, -0.25) is 9.78 Å². The lowest BCUT2D eigenvalue weighted by molar-refractivity contribution is -0.115. The number of nitrogens with one attached hydrogen (secondary N) is 1. The first kappa shape index (κ1) is 12.1. The molecule has 1 aromatic heterocycles. The van der Waals surface area contributed by atoms with Crippen LogP contribution < -0.4 is 10.2 Å². The van der Waals surface area contributed by atoms with Crippen LogP contribution in [0, 0.1) is 0 Å². The van der Waals surface area contributed by atoms with Crippen molar-refractivity contribution in [3.8, 4) is 0 Å². The highest BCUT2D eigenvalue weighted by Crippen LogP contribution is 2.33. The molecule has 0 saturated carbocycles. The average Bonchev–Trinajstić information content (AvgIpc) is 2.46. The lowest BCUT2D eigenvalue weighted by atomic mass is 10.2. The van der Waals surface area contributed by atoms with Crippen molar-refractivity contribution in [2.75, 3.05) is 16.8 Å². The minimum atomic E-state index is -1.16. The van der Waals surface area contributed by atoms with Crippen LogP contribution in [0.3, 0.4) is 0 Å². The number of carbonyl (C=O) groups is 2. The summed E-state index contributed by atoms with van der Waals surface area (Å²) in [6, 6.07) is 7.23. The van der Waals surface area contributed by atoms with E-state index in [2.05, 4.69) is 15.3 Å². The Labute approximate surface area is 113 Å². The van der Waals surface area contributed by atoms with E-state index in [-0.39, 0.29) is 18.1 Å². The fourth-order valence-corrected chi connectivity index (χ4v) is 2.03. The summed E-state index contributed by atoms with van der Waals surface area (Å²) in [5.74, 6) is -1.02. The van der Waals surface area contributed by atoms with E-state index >= 15 is 0 Å². The summed E-state index contributed by atoms with van der Waals surface area (Å²) >= 11 is 0. The molecule has 0 bridgehead atoms. The number of nitrogens with zero attached hydrogens (tertiary/aromatic N) is 3. The number of fused-ring (bicyclic) bond motifs is 1. The van der Waals surface area contributed by atoms with Gasteiger partial charge < -0.3 is 15.3 Å². The molecule has 2 N–H and O–H groups in total. The van der Waals surface area contributed by atoms with E-state index in [1.807, 2.05) is 18.2 Å². The Morgan fingerprint density at radius 3 is 2.90 bits per heavy atom. The van der Waals surface area contributed by atoms with Gasteiger partial charge >= 0.3 is 5.97 Å². The fraction of sp³-hybridized carbons (Fsp3) is 0.0769. The SMILES string of the molecule is O=C1CN(c2cncc(C(=O)O)n2)c2ccccc2N1. The zero-order valence-electron chi connectivity index (χ0n) is 10.3. The number of hydrogen-bond acceptors (Lipinski definition) is 5. The predicted octanol–water partition coefficient (Wildman–Crippen LogP) is 1.26. The Hall–Kier alpha value is -2.96. The monoisotopic (exact) mass is 270 g/mol. The highest BCUT2D eigenvalue weighted by Gasteiger charge is 2.24. The van der Waals surface area contributed by atoms with Crippen LogP contribution in [0.4, 0.5) is 17.2 Å². The van der Waals surface area contributed by atoms with Gasteiger partial charge in [-0.15, -0.1) is 0 Å². The van der Waals surface area contributed by atoms with Crippen molar-refractivity contribution in [3.05, 3.63) is 42.4 Å². The maximum Gasteiger partial charge on any atom is 0.356 e. The van der Waals surface area contributed by atoms with Crippen LogP contribution >= 0.6 is 0 Å². The summed E-state index contributed by atoms with van der Waals surface area (Å²) in [5.41, 5.74) is 1.25. The number of aromatic nitrogens is 2. The van der Waals surface area contributed by atoms with E-state index in [4.69, 9.17) is 5.11 Å².